The molecule has 4 bridgehead atoms. The highest BCUT2D eigenvalue weighted by Crippen LogP contribution is 2.69. The molecule has 60 heavy (non-hydrogen) atoms. The summed E-state index contributed by atoms with van der Waals surface area (Å²) in [6.07, 6.45) is -12.0. The fourth-order valence-corrected chi connectivity index (χ4v) is 9.40. The highest BCUT2D eigenvalue weighted by atomic mass is 16.7. The molecule has 2 aromatic rings. The number of carbonyl (C=O) groups excluding carboxylic acids is 7. The molecular formula is C41H47NO18. The number of aliphatic hydroxyl groups is 3. The number of pyridine rings is 1. The van der Waals surface area contributed by atoms with Gasteiger partial charge in [-0.2, -0.15) is 0 Å². The van der Waals surface area contributed by atoms with Crippen LogP contribution in [0.5, 0.6) is 0 Å². The smallest absolute Gasteiger partial charge is 0.340 e. The molecule has 3 N–H and O–H groups in total. The average Bonchev–Trinajstić information content (AvgIpc) is 3.39. The molecule has 2 aliphatic carbocycles. The van der Waals surface area contributed by atoms with E-state index in [4.69, 9.17) is 37.9 Å². The number of ether oxygens (including phenoxy) is 8. The molecule has 3 fully saturated rings. The summed E-state index contributed by atoms with van der Waals surface area (Å²) in [4.78, 5) is 98.7. The zero-order valence-electron chi connectivity index (χ0n) is 33.9. The van der Waals surface area contributed by atoms with Crippen LogP contribution in [0.25, 0.3) is 0 Å². The first kappa shape index (κ1) is 44.1. The van der Waals surface area contributed by atoms with Crippen molar-refractivity contribution in [2.24, 2.45) is 11.3 Å². The second kappa shape index (κ2) is 15.8. The van der Waals surface area contributed by atoms with Crippen LogP contribution in [0.4, 0.5) is 0 Å². The lowest BCUT2D eigenvalue weighted by Gasteiger charge is -2.67. The maximum Gasteiger partial charge on any atom is 0.340 e. The van der Waals surface area contributed by atoms with Crippen molar-refractivity contribution in [1.82, 2.24) is 4.98 Å². The van der Waals surface area contributed by atoms with Gasteiger partial charge in [0.1, 0.15) is 48.1 Å². The van der Waals surface area contributed by atoms with Gasteiger partial charge in [-0.3, -0.25) is 24.2 Å². The fourth-order valence-electron chi connectivity index (χ4n) is 9.40. The van der Waals surface area contributed by atoms with E-state index in [1.165, 1.54) is 49.5 Å². The van der Waals surface area contributed by atoms with Gasteiger partial charge in [-0.15, -0.1) is 0 Å². The van der Waals surface area contributed by atoms with Gasteiger partial charge < -0.3 is 53.2 Å². The van der Waals surface area contributed by atoms with Gasteiger partial charge in [-0.1, -0.05) is 18.2 Å². The van der Waals surface area contributed by atoms with Crippen LogP contribution in [0.15, 0.2) is 48.7 Å². The average molecular weight is 842 g/mol. The van der Waals surface area contributed by atoms with Crippen molar-refractivity contribution in [3.8, 4) is 0 Å². The van der Waals surface area contributed by atoms with E-state index in [2.05, 4.69) is 4.98 Å². The Bertz CT molecular complexity index is 2070. The minimum absolute atomic E-state index is 0.0802. The van der Waals surface area contributed by atoms with Gasteiger partial charge in [-0.05, 0) is 57.9 Å². The third-order valence-electron chi connectivity index (χ3n) is 11.9. The molecule has 3 heterocycles. The largest absolute Gasteiger partial charge is 0.465 e. The van der Waals surface area contributed by atoms with Gasteiger partial charge in [0.2, 0.25) is 0 Å². The summed E-state index contributed by atoms with van der Waals surface area (Å²) in [5.41, 5.74) is -13.1. The lowest BCUT2D eigenvalue weighted by molar-refractivity contribution is -0.386. The van der Waals surface area contributed by atoms with Crippen LogP contribution in [0.1, 0.15) is 81.3 Å². The predicted molar refractivity (Wildman–Crippen MR) is 197 cm³/mol. The van der Waals surface area contributed by atoms with Gasteiger partial charge in [0.15, 0.2) is 29.5 Å². The van der Waals surface area contributed by atoms with Crippen molar-refractivity contribution in [3.05, 3.63) is 65.5 Å². The number of esters is 7. The number of aromatic nitrogens is 1. The Balaban J connectivity index is 1.73. The number of fused-ring (bicyclic) bond motifs is 5. The molecule has 4 aliphatic rings. The standard InChI is InChI=1S/C41H47NO18/c1-20(43)53-19-40-30(47)29(58-34(48)24-12-9-8-10-13-24)32-39(7,52)41(40)31(56-22(3)45)27(28(55-21(2)44)33(40)57-23(4)46)38(6,60-41)18-54-35(49)25-14-11-17-42-26(25)15-16-37(5,51)36(50)59-32/h8-14,17,27-33,47,51-52H,15-16,18-19H2,1-7H3. The molecule has 19 heteroatoms. The third-order valence-corrected chi connectivity index (χ3v) is 11.9. The van der Waals surface area contributed by atoms with E-state index in [1.807, 2.05) is 0 Å². The van der Waals surface area contributed by atoms with E-state index in [0.717, 1.165) is 41.5 Å². The lowest BCUT2D eigenvalue weighted by Crippen LogP contribution is -2.89. The molecule has 324 valence electrons. The second-order valence-electron chi connectivity index (χ2n) is 16.1. The molecule has 1 spiro atoms. The maximum atomic E-state index is 14.3. The number of nitrogens with zero attached hydrogens (tertiary/aromatic N) is 1. The molecular weight excluding hydrogens is 794 g/mol. The van der Waals surface area contributed by atoms with Crippen LogP contribution < -0.4 is 0 Å². The van der Waals surface area contributed by atoms with Crippen molar-refractivity contribution in [1.29, 1.82) is 0 Å². The van der Waals surface area contributed by atoms with Gasteiger partial charge >= 0.3 is 41.8 Å². The molecule has 6 rings (SSSR count). The number of hydrogen-bond acceptors (Lipinski definition) is 19. The van der Waals surface area contributed by atoms with Crippen LogP contribution in [-0.2, 0) is 68.3 Å². The van der Waals surface area contributed by atoms with Crippen molar-refractivity contribution in [3.63, 3.8) is 0 Å². The topological polar surface area (TPSA) is 267 Å². The molecule has 1 aromatic heterocycles. The highest BCUT2D eigenvalue weighted by molar-refractivity contribution is 5.91. The minimum Gasteiger partial charge on any atom is -0.465 e. The number of carbonyl (C=O) groups is 7. The molecule has 1 aromatic carbocycles. The molecule has 1 saturated heterocycles. The number of benzene rings is 1. The number of cyclic esters (lactones) is 1. The van der Waals surface area contributed by atoms with E-state index in [-0.39, 0.29) is 23.2 Å². The third kappa shape index (κ3) is 7.16. The van der Waals surface area contributed by atoms with Crippen LogP contribution in [0, 0.1) is 11.3 Å². The molecule has 0 amide bonds. The first-order chi connectivity index (χ1) is 28.0. The monoisotopic (exact) mass is 841 g/mol. The Hall–Kier alpha value is -5.50. The highest BCUT2D eigenvalue weighted by Gasteiger charge is 2.91. The summed E-state index contributed by atoms with van der Waals surface area (Å²) >= 11 is 0. The number of rotatable bonds is 7. The van der Waals surface area contributed by atoms with Gasteiger partial charge in [-0.25, -0.2) is 14.4 Å². The summed E-state index contributed by atoms with van der Waals surface area (Å²) in [6, 6.07) is 10.1. The molecule has 2 saturated carbocycles. The lowest BCUT2D eigenvalue weighted by atomic mass is 9.45. The van der Waals surface area contributed by atoms with Crippen molar-refractivity contribution in [2.75, 3.05) is 13.2 Å². The Labute approximate surface area is 343 Å². The molecule has 12 atom stereocenters. The maximum absolute atomic E-state index is 14.3. The predicted octanol–water partition coefficient (Wildman–Crippen LogP) is 0.701. The quantitative estimate of drug-likeness (QED) is 0.256. The fraction of sp³-hybridized carbons (Fsp3) is 0.561. The molecule has 2 aliphatic heterocycles. The number of hydrogen-bond donors (Lipinski definition) is 3. The second-order valence-corrected chi connectivity index (χ2v) is 16.1. The first-order valence-corrected chi connectivity index (χ1v) is 19.1. The molecule has 19 nitrogen and oxygen atoms in total. The number of aryl methyl sites for hydroxylation is 1. The van der Waals surface area contributed by atoms with Crippen molar-refractivity contribution < 1.29 is 86.8 Å². The molecule has 0 radical (unpaired) electrons. The normalized spacial score (nSPS) is 37.1. The van der Waals surface area contributed by atoms with Gasteiger partial charge in [0, 0.05) is 33.9 Å². The first-order valence-electron chi connectivity index (χ1n) is 19.1. The Morgan fingerprint density at radius 2 is 1.45 bits per heavy atom. The van der Waals surface area contributed by atoms with E-state index >= 15 is 0 Å². The zero-order chi connectivity index (χ0) is 44.2. The van der Waals surface area contributed by atoms with Gasteiger partial charge in [0.05, 0.1) is 22.7 Å². The van der Waals surface area contributed by atoms with Crippen molar-refractivity contribution >= 4 is 41.8 Å². The Morgan fingerprint density at radius 3 is 2.07 bits per heavy atom. The zero-order valence-corrected chi connectivity index (χ0v) is 33.9. The van der Waals surface area contributed by atoms with E-state index in [1.54, 1.807) is 6.07 Å². The summed E-state index contributed by atoms with van der Waals surface area (Å²) in [7, 11) is 0. The minimum atomic E-state index is -2.94. The van der Waals surface area contributed by atoms with Crippen LogP contribution >= 0.6 is 0 Å². The van der Waals surface area contributed by atoms with Gasteiger partial charge in [0.25, 0.3) is 0 Å². The Kier molecular flexibility index (Phi) is 11.6. The molecule has 12 unspecified atom stereocenters. The van der Waals surface area contributed by atoms with Crippen LogP contribution in [-0.4, -0.2) is 134 Å². The SMILES string of the molecule is CC(=O)OCC12C(O)C(OC(=O)c3ccccc3)C3OC(=O)C(C)(O)CCc4ncccc4C(=O)OCC4(C)OC1(C(OC(C)=O)C4C(OC(C)=O)C2OC(C)=O)C3(C)O. The van der Waals surface area contributed by atoms with E-state index in [0.29, 0.717) is 0 Å². The summed E-state index contributed by atoms with van der Waals surface area (Å²) in [5, 5.41) is 38.2. The summed E-state index contributed by atoms with van der Waals surface area (Å²) < 4.78 is 48.1. The van der Waals surface area contributed by atoms with E-state index in [9.17, 15) is 48.9 Å². The van der Waals surface area contributed by atoms with E-state index < -0.39 is 132 Å². The van der Waals surface area contributed by atoms with Crippen molar-refractivity contribution in [2.45, 2.75) is 120 Å². The van der Waals surface area contributed by atoms with Crippen LogP contribution in [0.2, 0.25) is 0 Å². The Morgan fingerprint density at radius 1 is 0.817 bits per heavy atom. The summed E-state index contributed by atoms with van der Waals surface area (Å²) in [6.45, 7) is 5.52. The number of aliphatic hydroxyl groups excluding tert-OH is 1. The summed E-state index contributed by atoms with van der Waals surface area (Å²) in [5.74, 6) is -9.21. The van der Waals surface area contributed by atoms with Crippen LogP contribution in [0.3, 0.4) is 0 Å².